The molecule has 2 heterocycles. The quantitative estimate of drug-likeness (QED) is 0.723. The molecule has 0 unspecified atom stereocenters. The second-order valence-electron chi connectivity index (χ2n) is 4.24. The number of unbranched alkanes of at least 4 members (excludes halogenated alkanes) is 1. The summed E-state index contributed by atoms with van der Waals surface area (Å²) >= 11 is 0. The summed E-state index contributed by atoms with van der Waals surface area (Å²) in [4.78, 5) is 4.32. The Kier molecular flexibility index (Phi) is 4.75. The normalized spacial score (nSPS) is 10.7. The fourth-order valence-electron chi connectivity index (χ4n) is 1.78. The van der Waals surface area contributed by atoms with Gasteiger partial charge in [-0.3, -0.25) is 4.68 Å². The Morgan fingerprint density at radius 2 is 2.11 bits per heavy atom. The van der Waals surface area contributed by atoms with Gasteiger partial charge in [0, 0.05) is 38.2 Å². The smallest absolute Gasteiger partial charge is 0.202 e. The monoisotopic (exact) mass is 248 g/mol. The molecule has 0 radical (unpaired) electrons. The van der Waals surface area contributed by atoms with E-state index in [0.717, 1.165) is 32.0 Å². The Balaban J connectivity index is 1.71. The van der Waals surface area contributed by atoms with Gasteiger partial charge in [0.05, 0.1) is 6.20 Å². The molecule has 18 heavy (non-hydrogen) atoms. The fourth-order valence-corrected chi connectivity index (χ4v) is 1.78. The Labute approximate surface area is 107 Å². The lowest BCUT2D eigenvalue weighted by atomic mass is 10.3. The zero-order valence-electron chi connectivity index (χ0n) is 10.8. The van der Waals surface area contributed by atoms with Crippen LogP contribution in [0.3, 0.4) is 0 Å². The van der Waals surface area contributed by atoms with Gasteiger partial charge in [-0.15, -0.1) is 5.10 Å². The van der Waals surface area contributed by atoms with Crippen LogP contribution in [0.1, 0.15) is 26.2 Å². The predicted octanol–water partition coefficient (Wildman–Crippen LogP) is 1.78. The van der Waals surface area contributed by atoms with Gasteiger partial charge in [-0.1, -0.05) is 18.6 Å². The van der Waals surface area contributed by atoms with E-state index in [0.29, 0.717) is 0 Å². The van der Waals surface area contributed by atoms with E-state index in [1.165, 1.54) is 12.8 Å². The summed E-state index contributed by atoms with van der Waals surface area (Å²) in [7, 11) is 0. The molecule has 6 heteroatoms. The van der Waals surface area contributed by atoms with Gasteiger partial charge in [0.25, 0.3) is 0 Å². The summed E-state index contributed by atoms with van der Waals surface area (Å²) in [6, 6.07) is 0. The van der Waals surface area contributed by atoms with Crippen molar-refractivity contribution in [3.8, 4) is 0 Å². The van der Waals surface area contributed by atoms with Crippen LogP contribution in [0, 0.1) is 0 Å². The van der Waals surface area contributed by atoms with Gasteiger partial charge in [-0.25, -0.2) is 4.98 Å². The summed E-state index contributed by atoms with van der Waals surface area (Å²) in [5.74, 6) is 0.960. The van der Waals surface area contributed by atoms with Crippen molar-refractivity contribution in [2.45, 2.75) is 39.3 Å². The van der Waals surface area contributed by atoms with Crippen molar-refractivity contribution < 1.29 is 0 Å². The molecule has 0 saturated carbocycles. The van der Waals surface area contributed by atoms with Gasteiger partial charge in [-0.05, 0) is 12.8 Å². The molecular formula is C12H20N6. The lowest BCUT2D eigenvalue weighted by Gasteiger charge is -2.09. The van der Waals surface area contributed by atoms with Gasteiger partial charge in [0.2, 0.25) is 5.95 Å². The third-order valence-corrected chi connectivity index (χ3v) is 2.79. The number of nitrogens with zero attached hydrogens (tertiary/aromatic N) is 5. The SMILES string of the molecule is CCCCn1ccnc1NCCCn1ccnn1. The van der Waals surface area contributed by atoms with Crippen LogP contribution in [0.15, 0.2) is 24.8 Å². The predicted molar refractivity (Wildman–Crippen MR) is 70.3 cm³/mol. The first-order valence-electron chi connectivity index (χ1n) is 6.49. The molecule has 0 bridgehead atoms. The van der Waals surface area contributed by atoms with Crippen molar-refractivity contribution in [1.82, 2.24) is 24.5 Å². The first kappa shape index (κ1) is 12.6. The maximum absolute atomic E-state index is 4.32. The van der Waals surface area contributed by atoms with E-state index in [9.17, 15) is 0 Å². The van der Waals surface area contributed by atoms with Gasteiger partial charge in [-0.2, -0.15) is 0 Å². The summed E-state index contributed by atoms with van der Waals surface area (Å²) in [5, 5.41) is 11.1. The number of hydrogen-bond donors (Lipinski definition) is 1. The average molecular weight is 248 g/mol. The van der Waals surface area contributed by atoms with E-state index in [1.54, 1.807) is 6.20 Å². The molecule has 0 amide bonds. The molecule has 2 aromatic heterocycles. The van der Waals surface area contributed by atoms with Crippen LogP contribution in [-0.2, 0) is 13.1 Å². The van der Waals surface area contributed by atoms with Crippen molar-refractivity contribution in [3.63, 3.8) is 0 Å². The molecule has 1 N–H and O–H groups in total. The largest absolute Gasteiger partial charge is 0.356 e. The zero-order valence-corrected chi connectivity index (χ0v) is 10.8. The first-order valence-corrected chi connectivity index (χ1v) is 6.49. The average Bonchev–Trinajstić information content (AvgIpc) is 3.03. The van der Waals surface area contributed by atoms with E-state index in [2.05, 4.69) is 32.1 Å². The third-order valence-electron chi connectivity index (χ3n) is 2.79. The van der Waals surface area contributed by atoms with Crippen molar-refractivity contribution in [3.05, 3.63) is 24.8 Å². The van der Waals surface area contributed by atoms with E-state index in [4.69, 9.17) is 0 Å². The molecule has 0 saturated heterocycles. The van der Waals surface area contributed by atoms with Gasteiger partial charge >= 0.3 is 0 Å². The topological polar surface area (TPSA) is 60.6 Å². The lowest BCUT2D eigenvalue weighted by molar-refractivity contribution is 0.567. The molecule has 0 aromatic carbocycles. The van der Waals surface area contributed by atoms with E-state index in [-0.39, 0.29) is 0 Å². The number of aromatic nitrogens is 5. The highest BCUT2D eigenvalue weighted by Gasteiger charge is 2.01. The van der Waals surface area contributed by atoms with Crippen LogP contribution in [0.25, 0.3) is 0 Å². The highest BCUT2D eigenvalue weighted by molar-refractivity contribution is 5.25. The minimum atomic E-state index is 0.878. The third kappa shape index (κ3) is 3.58. The number of anilines is 1. The minimum absolute atomic E-state index is 0.878. The Hall–Kier alpha value is -1.85. The highest BCUT2D eigenvalue weighted by atomic mass is 15.4. The van der Waals surface area contributed by atoms with Crippen LogP contribution in [-0.4, -0.2) is 31.1 Å². The first-order chi connectivity index (χ1) is 8.90. The molecule has 0 aliphatic rings. The number of imidazole rings is 1. The molecule has 2 rings (SSSR count). The maximum atomic E-state index is 4.32. The summed E-state index contributed by atoms with van der Waals surface area (Å²) in [6.45, 7) is 5.00. The van der Waals surface area contributed by atoms with E-state index in [1.807, 2.05) is 23.3 Å². The summed E-state index contributed by atoms with van der Waals surface area (Å²) in [5.41, 5.74) is 0. The minimum Gasteiger partial charge on any atom is -0.356 e. The zero-order chi connectivity index (χ0) is 12.6. The molecule has 0 spiro atoms. The van der Waals surface area contributed by atoms with Crippen molar-refractivity contribution in [1.29, 1.82) is 0 Å². The van der Waals surface area contributed by atoms with Gasteiger partial charge < -0.3 is 9.88 Å². The molecule has 6 nitrogen and oxygen atoms in total. The molecule has 2 aromatic rings. The molecule has 98 valence electrons. The summed E-state index contributed by atoms with van der Waals surface area (Å²) < 4.78 is 4.00. The van der Waals surface area contributed by atoms with Crippen LogP contribution in [0.4, 0.5) is 5.95 Å². The standard InChI is InChI=1S/C12H20N6/c1-2-3-8-17-10-6-14-12(17)13-5-4-9-18-11-7-15-16-18/h6-7,10-11H,2-5,8-9H2,1H3,(H,13,14). The van der Waals surface area contributed by atoms with Gasteiger partial charge in [0.1, 0.15) is 0 Å². The van der Waals surface area contributed by atoms with Crippen molar-refractivity contribution in [2.75, 3.05) is 11.9 Å². The Morgan fingerprint density at radius 1 is 1.17 bits per heavy atom. The van der Waals surface area contributed by atoms with Crippen LogP contribution in [0.5, 0.6) is 0 Å². The molecule has 0 fully saturated rings. The highest BCUT2D eigenvalue weighted by Crippen LogP contribution is 2.06. The summed E-state index contributed by atoms with van der Waals surface area (Å²) in [6.07, 6.45) is 10.8. The molecular weight excluding hydrogens is 228 g/mol. The molecule has 0 atom stereocenters. The number of rotatable bonds is 8. The number of hydrogen-bond acceptors (Lipinski definition) is 4. The van der Waals surface area contributed by atoms with Crippen LogP contribution in [0.2, 0.25) is 0 Å². The molecule has 0 aliphatic carbocycles. The second kappa shape index (κ2) is 6.78. The number of nitrogens with one attached hydrogen (secondary N) is 1. The molecule has 0 aliphatic heterocycles. The Morgan fingerprint density at radius 3 is 2.89 bits per heavy atom. The van der Waals surface area contributed by atoms with Crippen LogP contribution >= 0.6 is 0 Å². The van der Waals surface area contributed by atoms with E-state index >= 15 is 0 Å². The maximum Gasteiger partial charge on any atom is 0.202 e. The van der Waals surface area contributed by atoms with Gasteiger partial charge in [0.15, 0.2) is 0 Å². The number of aryl methyl sites for hydroxylation is 2. The van der Waals surface area contributed by atoms with Crippen molar-refractivity contribution in [2.24, 2.45) is 0 Å². The lowest BCUT2D eigenvalue weighted by Crippen LogP contribution is -2.11. The van der Waals surface area contributed by atoms with Crippen molar-refractivity contribution >= 4 is 5.95 Å². The van der Waals surface area contributed by atoms with E-state index < -0.39 is 0 Å². The Bertz CT molecular complexity index is 433. The fraction of sp³-hybridized carbons (Fsp3) is 0.583. The van der Waals surface area contributed by atoms with Crippen LogP contribution < -0.4 is 5.32 Å². The second-order valence-corrected chi connectivity index (χ2v) is 4.24.